The van der Waals surface area contributed by atoms with Gasteiger partial charge in [0, 0.05) is 19.1 Å². The SMILES string of the molecule is C[C@@H]1CN(C(=O)OC(C)(C)C)C2(CC2)CN1. The Bertz CT molecular complexity index is 292. The Morgan fingerprint density at radius 1 is 1.44 bits per heavy atom. The van der Waals surface area contributed by atoms with Gasteiger partial charge in [0.2, 0.25) is 0 Å². The van der Waals surface area contributed by atoms with Gasteiger partial charge >= 0.3 is 6.09 Å². The molecule has 0 aromatic carbocycles. The van der Waals surface area contributed by atoms with Crippen molar-refractivity contribution in [3.05, 3.63) is 0 Å². The molecule has 4 nitrogen and oxygen atoms in total. The lowest BCUT2D eigenvalue weighted by molar-refractivity contribution is 0.00418. The Balaban J connectivity index is 2.03. The summed E-state index contributed by atoms with van der Waals surface area (Å²) in [7, 11) is 0. The first-order valence-corrected chi connectivity index (χ1v) is 6.06. The van der Waals surface area contributed by atoms with Crippen LogP contribution in [0.5, 0.6) is 0 Å². The number of ether oxygens (including phenoxy) is 1. The summed E-state index contributed by atoms with van der Waals surface area (Å²) < 4.78 is 5.46. The minimum Gasteiger partial charge on any atom is -0.444 e. The van der Waals surface area contributed by atoms with Crippen molar-refractivity contribution >= 4 is 6.09 Å². The molecule has 0 aromatic rings. The Morgan fingerprint density at radius 3 is 2.56 bits per heavy atom. The van der Waals surface area contributed by atoms with Crippen LogP contribution in [0.15, 0.2) is 0 Å². The molecule has 1 amide bonds. The third kappa shape index (κ3) is 2.32. The van der Waals surface area contributed by atoms with Crippen LogP contribution in [0.2, 0.25) is 0 Å². The average Bonchev–Trinajstić information content (AvgIpc) is 2.88. The summed E-state index contributed by atoms with van der Waals surface area (Å²) in [4.78, 5) is 14.0. The molecule has 0 aromatic heterocycles. The second-order valence-corrected chi connectivity index (χ2v) is 6.10. The van der Waals surface area contributed by atoms with Crippen LogP contribution in [-0.4, -0.2) is 41.3 Å². The number of nitrogens with one attached hydrogen (secondary N) is 1. The molecule has 1 spiro atoms. The molecular formula is C12H22N2O2. The Morgan fingerprint density at radius 2 is 2.06 bits per heavy atom. The fraction of sp³-hybridized carbons (Fsp3) is 0.917. The monoisotopic (exact) mass is 226 g/mol. The molecule has 1 aliphatic carbocycles. The van der Waals surface area contributed by atoms with Crippen LogP contribution < -0.4 is 5.32 Å². The summed E-state index contributed by atoms with van der Waals surface area (Å²) in [5.74, 6) is 0. The summed E-state index contributed by atoms with van der Waals surface area (Å²) in [6.45, 7) is 9.51. The zero-order chi connectivity index (χ0) is 12.0. The van der Waals surface area contributed by atoms with E-state index < -0.39 is 5.60 Å². The van der Waals surface area contributed by atoms with Crippen molar-refractivity contribution in [2.45, 2.75) is 57.7 Å². The van der Waals surface area contributed by atoms with E-state index in [1.54, 1.807) is 0 Å². The van der Waals surface area contributed by atoms with Gasteiger partial charge in [0.1, 0.15) is 5.60 Å². The number of piperazine rings is 1. The highest BCUT2D eigenvalue weighted by atomic mass is 16.6. The lowest BCUT2D eigenvalue weighted by atomic mass is 10.1. The third-order valence-corrected chi connectivity index (χ3v) is 3.25. The molecule has 0 bridgehead atoms. The maximum absolute atomic E-state index is 12.1. The van der Waals surface area contributed by atoms with Crippen LogP contribution >= 0.6 is 0 Å². The second kappa shape index (κ2) is 3.62. The van der Waals surface area contributed by atoms with Crippen molar-refractivity contribution < 1.29 is 9.53 Å². The number of nitrogens with zero attached hydrogens (tertiary/aromatic N) is 1. The maximum atomic E-state index is 12.1. The molecule has 2 aliphatic rings. The first-order valence-electron chi connectivity index (χ1n) is 6.06. The summed E-state index contributed by atoms with van der Waals surface area (Å²) in [5.41, 5.74) is -0.337. The van der Waals surface area contributed by atoms with Crippen molar-refractivity contribution in [2.75, 3.05) is 13.1 Å². The molecule has 0 radical (unpaired) electrons. The maximum Gasteiger partial charge on any atom is 0.410 e. The average molecular weight is 226 g/mol. The predicted molar refractivity (Wildman–Crippen MR) is 62.4 cm³/mol. The van der Waals surface area contributed by atoms with Gasteiger partial charge in [-0.2, -0.15) is 0 Å². The van der Waals surface area contributed by atoms with E-state index in [4.69, 9.17) is 4.74 Å². The number of carbonyl (C=O) groups is 1. The Hall–Kier alpha value is -0.770. The largest absolute Gasteiger partial charge is 0.444 e. The molecule has 1 saturated heterocycles. The van der Waals surface area contributed by atoms with Crippen LogP contribution in [0, 0.1) is 0 Å². The highest BCUT2D eigenvalue weighted by Gasteiger charge is 2.53. The van der Waals surface area contributed by atoms with Gasteiger partial charge in [0.25, 0.3) is 0 Å². The molecule has 2 fully saturated rings. The minimum absolute atomic E-state index is 0.0643. The Kier molecular flexibility index (Phi) is 2.65. The van der Waals surface area contributed by atoms with E-state index in [1.807, 2.05) is 25.7 Å². The molecular weight excluding hydrogens is 204 g/mol. The fourth-order valence-corrected chi connectivity index (χ4v) is 2.17. The molecule has 1 N–H and O–H groups in total. The number of carbonyl (C=O) groups excluding carboxylic acids is 1. The number of rotatable bonds is 0. The summed E-state index contributed by atoms with van der Waals surface area (Å²) in [6.07, 6.45) is 2.05. The standard InChI is InChI=1S/C12H22N2O2/c1-9-7-14(10(15)16-11(2,3)4)12(5-6-12)8-13-9/h9,13H,5-8H2,1-4H3/t9-/m1/s1. The number of hydrogen-bond donors (Lipinski definition) is 1. The van der Waals surface area contributed by atoms with Gasteiger partial charge in [0.05, 0.1) is 5.54 Å². The van der Waals surface area contributed by atoms with Crippen LogP contribution in [-0.2, 0) is 4.74 Å². The Labute approximate surface area is 97.3 Å². The lowest BCUT2D eigenvalue weighted by Crippen LogP contribution is -2.59. The van der Waals surface area contributed by atoms with Crippen LogP contribution in [0.4, 0.5) is 4.79 Å². The van der Waals surface area contributed by atoms with Crippen LogP contribution in [0.3, 0.4) is 0 Å². The quantitative estimate of drug-likeness (QED) is 0.684. The summed E-state index contributed by atoms with van der Waals surface area (Å²) >= 11 is 0. The molecule has 2 rings (SSSR count). The van der Waals surface area contributed by atoms with E-state index >= 15 is 0 Å². The van der Waals surface area contributed by atoms with Gasteiger partial charge in [-0.05, 0) is 40.5 Å². The van der Waals surface area contributed by atoms with Crippen LogP contribution in [0.25, 0.3) is 0 Å². The van der Waals surface area contributed by atoms with E-state index in [0.717, 1.165) is 25.9 Å². The molecule has 4 heteroatoms. The first kappa shape index (κ1) is 11.7. The van der Waals surface area contributed by atoms with E-state index in [0.29, 0.717) is 6.04 Å². The van der Waals surface area contributed by atoms with E-state index in [9.17, 15) is 4.79 Å². The second-order valence-electron chi connectivity index (χ2n) is 6.10. The van der Waals surface area contributed by atoms with Gasteiger partial charge < -0.3 is 10.1 Å². The topological polar surface area (TPSA) is 41.6 Å². The van der Waals surface area contributed by atoms with Crippen molar-refractivity contribution in [2.24, 2.45) is 0 Å². The molecule has 1 heterocycles. The highest BCUT2D eigenvalue weighted by molar-refractivity contribution is 5.70. The van der Waals surface area contributed by atoms with Gasteiger partial charge in [0.15, 0.2) is 0 Å². The van der Waals surface area contributed by atoms with Gasteiger partial charge in [-0.25, -0.2) is 4.79 Å². The normalized spacial score (nSPS) is 28.0. The van der Waals surface area contributed by atoms with Crippen molar-refractivity contribution in [1.29, 1.82) is 0 Å². The van der Waals surface area contributed by atoms with Crippen molar-refractivity contribution in [3.63, 3.8) is 0 Å². The van der Waals surface area contributed by atoms with Gasteiger partial charge in [-0.3, -0.25) is 4.90 Å². The highest BCUT2D eigenvalue weighted by Crippen LogP contribution is 2.43. The fourth-order valence-electron chi connectivity index (χ4n) is 2.17. The van der Waals surface area contributed by atoms with Gasteiger partial charge in [-0.1, -0.05) is 0 Å². The third-order valence-electron chi connectivity index (χ3n) is 3.25. The van der Waals surface area contributed by atoms with E-state index in [-0.39, 0.29) is 11.6 Å². The molecule has 1 atom stereocenters. The molecule has 16 heavy (non-hydrogen) atoms. The molecule has 1 saturated carbocycles. The van der Waals surface area contributed by atoms with Crippen molar-refractivity contribution in [1.82, 2.24) is 10.2 Å². The van der Waals surface area contributed by atoms with E-state index in [1.165, 1.54) is 0 Å². The number of hydrogen-bond acceptors (Lipinski definition) is 3. The molecule has 0 unspecified atom stereocenters. The summed E-state index contributed by atoms with van der Waals surface area (Å²) in [5, 5.41) is 3.43. The predicted octanol–water partition coefficient (Wildman–Crippen LogP) is 1.75. The molecule has 1 aliphatic heterocycles. The minimum atomic E-state index is -0.402. The van der Waals surface area contributed by atoms with Crippen molar-refractivity contribution in [3.8, 4) is 0 Å². The summed E-state index contributed by atoms with van der Waals surface area (Å²) in [6, 6.07) is 0.360. The lowest BCUT2D eigenvalue weighted by Gasteiger charge is -2.40. The number of amides is 1. The zero-order valence-electron chi connectivity index (χ0n) is 10.7. The van der Waals surface area contributed by atoms with E-state index in [2.05, 4.69) is 12.2 Å². The smallest absolute Gasteiger partial charge is 0.410 e. The van der Waals surface area contributed by atoms with Gasteiger partial charge in [-0.15, -0.1) is 0 Å². The first-order chi connectivity index (χ1) is 7.32. The molecule has 92 valence electrons. The van der Waals surface area contributed by atoms with Crippen LogP contribution in [0.1, 0.15) is 40.5 Å². The zero-order valence-corrected chi connectivity index (χ0v) is 10.7.